The Morgan fingerprint density at radius 2 is 1.64 bits per heavy atom. The van der Waals surface area contributed by atoms with Gasteiger partial charge < -0.3 is 10.2 Å². The van der Waals surface area contributed by atoms with E-state index in [0.717, 1.165) is 48.6 Å². The predicted molar refractivity (Wildman–Crippen MR) is 111 cm³/mol. The Morgan fingerprint density at radius 3 is 2.43 bits per heavy atom. The minimum atomic E-state index is -0.103. The van der Waals surface area contributed by atoms with Crippen molar-refractivity contribution in [3.05, 3.63) is 48.0 Å². The molecule has 2 aliphatic rings. The summed E-state index contributed by atoms with van der Waals surface area (Å²) < 4.78 is 0. The summed E-state index contributed by atoms with van der Waals surface area (Å²) >= 11 is 0. The molecule has 0 aromatic heterocycles. The zero-order valence-corrected chi connectivity index (χ0v) is 16.4. The molecule has 0 spiro atoms. The van der Waals surface area contributed by atoms with Crippen LogP contribution in [0.25, 0.3) is 10.8 Å². The Hall–Kier alpha value is -2.40. The van der Waals surface area contributed by atoms with Crippen molar-refractivity contribution >= 4 is 22.6 Å². The third kappa shape index (κ3) is 4.36. The molecule has 5 heteroatoms. The largest absolute Gasteiger partial charge is 0.347 e. The maximum absolute atomic E-state index is 12.5. The van der Waals surface area contributed by atoms with Gasteiger partial charge in [-0.2, -0.15) is 0 Å². The van der Waals surface area contributed by atoms with E-state index >= 15 is 0 Å². The highest BCUT2D eigenvalue weighted by Gasteiger charge is 2.27. The summed E-state index contributed by atoms with van der Waals surface area (Å²) in [6.07, 6.45) is 5.58. The summed E-state index contributed by atoms with van der Waals surface area (Å²) in [5.41, 5.74) is 0.994. The zero-order valence-electron chi connectivity index (χ0n) is 16.4. The molecule has 28 heavy (non-hydrogen) atoms. The van der Waals surface area contributed by atoms with Gasteiger partial charge in [-0.25, -0.2) is 0 Å². The van der Waals surface area contributed by atoms with Crippen LogP contribution in [0.4, 0.5) is 0 Å². The van der Waals surface area contributed by atoms with Crippen molar-refractivity contribution in [3.63, 3.8) is 0 Å². The molecular formula is C23H29N3O2. The highest BCUT2D eigenvalue weighted by molar-refractivity contribution is 5.91. The monoisotopic (exact) mass is 379 g/mol. The maximum Gasteiger partial charge on any atom is 0.242 e. The molecule has 4 rings (SSSR count). The van der Waals surface area contributed by atoms with Crippen molar-refractivity contribution in [1.29, 1.82) is 0 Å². The predicted octanol–water partition coefficient (Wildman–Crippen LogP) is 2.59. The van der Waals surface area contributed by atoms with E-state index in [9.17, 15) is 9.59 Å². The van der Waals surface area contributed by atoms with Crippen LogP contribution in [-0.4, -0.2) is 60.4 Å². The Balaban J connectivity index is 1.25. The van der Waals surface area contributed by atoms with Crippen LogP contribution in [0, 0.1) is 0 Å². The third-order valence-corrected chi connectivity index (χ3v) is 6.18. The fraction of sp³-hybridized carbons (Fsp3) is 0.478. The number of fused-ring (bicyclic) bond motifs is 1. The average Bonchev–Trinajstić information content (AvgIpc) is 3.27. The lowest BCUT2D eigenvalue weighted by molar-refractivity contribution is -0.134. The van der Waals surface area contributed by atoms with Gasteiger partial charge in [-0.3, -0.25) is 14.5 Å². The number of rotatable bonds is 5. The summed E-state index contributed by atoms with van der Waals surface area (Å²) in [5, 5.41) is 5.04. The first-order chi connectivity index (χ1) is 13.7. The molecule has 148 valence electrons. The van der Waals surface area contributed by atoms with E-state index in [1.54, 1.807) is 0 Å². The van der Waals surface area contributed by atoms with Gasteiger partial charge in [-0.15, -0.1) is 0 Å². The van der Waals surface area contributed by atoms with E-state index in [0.29, 0.717) is 6.42 Å². The van der Waals surface area contributed by atoms with Crippen LogP contribution in [0.3, 0.4) is 0 Å². The van der Waals surface area contributed by atoms with Crippen LogP contribution in [0.5, 0.6) is 0 Å². The quantitative estimate of drug-likeness (QED) is 0.869. The molecule has 0 radical (unpaired) electrons. The van der Waals surface area contributed by atoms with Crippen LogP contribution in [-0.2, 0) is 16.0 Å². The number of hydrogen-bond donors (Lipinski definition) is 1. The van der Waals surface area contributed by atoms with Gasteiger partial charge in [0.2, 0.25) is 11.8 Å². The molecule has 1 N–H and O–H groups in total. The summed E-state index contributed by atoms with van der Waals surface area (Å²) in [6, 6.07) is 14.8. The molecule has 1 aliphatic heterocycles. The van der Waals surface area contributed by atoms with Crippen LogP contribution < -0.4 is 5.32 Å². The molecule has 2 amide bonds. The molecule has 1 saturated heterocycles. The van der Waals surface area contributed by atoms with Gasteiger partial charge in [0, 0.05) is 32.2 Å². The molecule has 0 atom stereocenters. The second-order valence-electron chi connectivity index (χ2n) is 7.95. The molecule has 0 bridgehead atoms. The standard InChI is InChI=1S/C23H29N3O2/c27-22(16-19-8-5-7-18-6-1-4-11-21(18)19)24-17-23(28)26-14-12-25(13-15-26)20-9-2-3-10-20/h1,4-8,11,20H,2-3,9-10,12-17H2,(H,24,27). The number of carbonyl (C=O) groups is 2. The molecule has 1 aliphatic carbocycles. The van der Waals surface area contributed by atoms with E-state index < -0.39 is 0 Å². The number of piperazine rings is 1. The molecule has 1 heterocycles. The normalized spacial score (nSPS) is 18.5. The van der Waals surface area contributed by atoms with Gasteiger partial charge in [0.25, 0.3) is 0 Å². The van der Waals surface area contributed by atoms with Crippen molar-refractivity contribution in [2.24, 2.45) is 0 Å². The second kappa shape index (κ2) is 8.74. The second-order valence-corrected chi connectivity index (χ2v) is 7.95. The Bertz CT molecular complexity index is 831. The molecule has 2 fully saturated rings. The average molecular weight is 380 g/mol. The molecule has 2 aromatic carbocycles. The lowest BCUT2D eigenvalue weighted by Gasteiger charge is -2.38. The number of amides is 2. The third-order valence-electron chi connectivity index (χ3n) is 6.18. The number of benzene rings is 2. The van der Waals surface area contributed by atoms with E-state index in [2.05, 4.69) is 10.2 Å². The summed E-state index contributed by atoms with van der Waals surface area (Å²) in [6.45, 7) is 3.55. The molecule has 0 unspecified atom stereocenters. The minimum absolute atomic E-state index is 0.0253. The van der Waals surface area contributed by atoms with Gasteiger partial charge in [0.15, 0.2) is 0 Å². The van der Waals surface area contributed by atoms with Crippen molar-refractivity contribution in [2.45, 2.75) is 38.1 Å². The number of nitrogens with zero attached hydrogens (tertiary/aromatic N) is 2. The summed E-state index contributed by atoms with van der Waals surface area (Å²) in [7, 11) is 0. The van der Waals surface area contributed by atoms with Gasteiger partial charge in [0.1, 0.15) is 0 Å². The molecule has 1 saturated carbocycles. The van der Waals surface area contributed by atoms with Crippen LogP contribution in [0.15, 0.2) is 42.5 Å². The first-order valence-corrected chi connectivity index (χ1v) is 10.5. The molecule has 5 nitrogen and oxygen atoms in total. The van der Waals surface area contributed by atoms with E-state index in [1.807, 2.05) is 47.4 Å². The topological polar surface area (TPSA) is 52.7 Å². The highest BCUT2D eigenvalue weighted by Crippen LogP contribution is 2.24. The number of carbonyl (C=O) groups excluding carboxylic acids is 2. The highest BCUT2D eigenvalue weighted by atomic mass is 16.2. The maximum atomic E-state index is 12.5. The van der Waals surface area contributed by atoms with Crippen LogP contribution in [0.2, 0.25) is 0 Å². The van der Waals surface area contributed by atoms with Crippen molar-refractivity contribution in [3.8, 4) is 0 Å². The lowest BCUT2D eigenvalue weighted by atomic mass is 10.0. The first-order valence-electron chi connectivity index (χ1n) is 10.5. The number of hydrogen-bond acceptors (Lipinski definition) is 3. The fourth-order valence-electron chi connectivity index (χ4n) is 4.57. The van der Waals surface area contributed by atoms with Gasteiger partial charge in [-0.05, 0) is 29.2 Å². The van der Waals surface area contributed by atoms with E-state index in [4.69, 9.17) is 0 Å². The smallest absolute Gasteiger partial charge is 0.242 e. The molecule has 2 aromatic rings. The van der Waals surface area contributed by atoms with Crippen LogP contribution in [0.1, 0.15) is 31.2 Å². The number of nitrogens with one attached hydrogen (secondary N) is 1. The Kier molecular flexibility index (Phi) is 5.91. The van der Waals surface area contributed by atoms with E-state index in [1.165, 1.54) is 25.7 Å². The zero-order chi connectivity index (χ0) is 19.3. The SMILES string of the molecule is O=C(Cc1cccc2ccccc12)NCC(=O)N1CCN(C2CCCC2)CC1. The summed E-state index contributed by atoms with van der Waals surface area (Å²) in [4.78, 5) is 29.3. The Labute approximate surface area is 166 Å². The summed E-state index contributed by atoms with van der Waals surface area (Å²) in [5.74, 6) is -0.0772. The van der Waals surface area contributed by atoms with Crippen molar-refractivity contribution < 1.29 is 9.59 Å². The van der Waals surface area contributed by atoms with Gasteiger partial charge in [-0.1, -0.05) is 55.3 Å². The van der Waals surface area contributed by atoms with E-state index in [-0.39, 0.29) is 18.4 Å². The lowest BCUT2D eigenvalue weighted by Crippen LogP contribution is -2.53. The Morgan fingerprint density at radius 1 is 0.929 bits per heavy atom. The first kappa shape index (κ1) is 18.9. The molecular weight excluding hydrogens is 350 g/mol. The van der Waals surface area contributed by atoms with Gasteiger partial charge in [0.05, 0.1) is 13.0 Å². The minimum Gasteiger partial charge on any atom is -0.347 e. The van der Waals surface area contributed by atoms with Crippen LogP contribution >= 0.6 is 0 Å². The van der Waals surface area contributed by atoms with Gasteiger partial charge >= 0.3 is 0 Å². The van der Waals surface area contributed by atoms with Crippen molar-refractivity contribution in [1.82, 2.24) is 15.1 Å². The fourth-order valence-corrected chi connectivity index (χ4v) is 4.57. The van der Waals surface area contributed by atoms with Crippen molar-refractivity contribution in [2.75, 3.05) is 32.7 Å².